The zero-order valence-electron chi connectivity index (χ0n) is 15.1. The van der Waals surface area contributed by atoms with Crippen LogP contribution in [0.5, 0.6) is 5.75 Å². The molecule has 0 saturated heterocycles. The summed E-state index contributed by atoms with van der Waals surface area (Å²) >= 11 is 6.20. The van der Waals surface area contributed by atoms with Gasteiger partial charge in [-0.25, -0.2) is 4.79 Å². The van der Waals surface area contributed by atoms with Crippen LogP contribution in [0.2, 0.25) is 5.02 Å². The van der Waals surface area contributed by atoms with E-state index in [-0.39, 0.29) is 12.5 Å². The number of carbonyl (C=O) groups excluding carboxylic acids is 2. The molecule has 0 fully saturated rings. The number of amides is 1. The van der Waals surface area contributed by atoms with Gasteiger partial charge in [-0.3, -0.25) is 14.7 Å². The van der Waals surface area contributed by atoms with E-state index in [4.69, 9.17) is 21.1 Å². The average molecular weight is 397 g/mol. The highest BCUT2D eigenvalue weighted by atomic mass is 35.5. The van der Waals surface area contributed by atoms with Crippen LogP contribution >= 0.6 is 11.6 Å². The minimum Gasteiger partial charge on any atom is -0.481 e. The zero-order valence-corrected chi connectivity index (χ0v) is 15.8. The Morgan fingerprint density at radius 2 is 2.00 bits per heavy atom. The van der Waals surface area contributed by atoms with Crippen LogP contribution in [0.1, 0.15) is 5.56 Å². The van der Waals surface area contributed by atoms with Crippen molar-refractivity contribution in [3.63, 3.8) is 0 Å². The molecule has 0 spiro atoms. The number of benzene rings is 2. The summed E-state index contributed by atoms with van der Waals surface area (Å²) < 4.78 is 10.6. The Balaban J connectivity index is 1.60. The smallest absolute Gasteiger partial charge is 0.329 e. The number of nitrogens with zero attached hydrogens (tertiary/aromatic N) is 2. The maximum absolute atomic E-state index is 13.0. The number of hydrogen-bond donors (Lipinski definition) is 0. The van der Waals surface area contributed by atoms with Crippen LogP contribution in [0.15, 0.2) is 54.7 Å². The molecule has 1 amide bonds. The van der Waals surface area contributed by atoms with Crippen LogP contribution in [0.3, 0.4) is 0 Å². The molecule has 1 unspecified atom stereocenters. The summed E-state index contributed by atoms with van der Waals surface area (Å²) in [5.41, 5.74) is 2.20. The third-order valence-corrected chi connectivity index (χ3v) is 5.08. The van der Waals surface area contributed by atoms with E-state index in [2.05, 4.69) is 4.98 Å². The maximum atomic E-state index is 13.0. The van der Waals surface area contributed by atoms with Gasteiger partial charge in [0.25, 0.3) is 5.91 Å². The summed E-state index contributed by atoms with van der Waals surface area (Å²) in [5.74, 6) is -0.335. The second-order valence-electron chi connectivity index (χ2n) is 6.37. The topological polar surface area (TPSA) is 68.7 Å². The van der Waals surface area contributed by atoms with Crippen molar-refractivity contribution in [2.45, 2.75) is 12.5 Å². The number of esters is 1. The van der Waals surface area contributed by atoms with Gasteiger partial charge in [-0.2, -0.15) is 0 Å². The lowest BCUT2D eigenvalue weighted by Gasteiger charge is -2.23. The number of rotatable bonds is 4. The zero-order chi connectivity index (χ0) is 19.7. The Labute approximate surface area is 166 Å². The molecule has 0 bridgehead atoms. The molecule has 1 aromatic heterocycles. The van der Waals surface area contributed by atoms with Crippen LogP contribution in [-0.2, 0) is 20.7 Å². The normalized spacial score (nSPS) is 15.4. The van der Waals surface area contributed by atoms with Crippen molar-refractivity contribution in [2.24, 2.45) is 0 Å². The number of halogens is 1. The van der Waals surface area contributed by atoms with Gasteiger partial charge >= 0.3 is 5.97 Å². The van der Waals surface area contributed by atoms with Crippen molar-refractivity contribution in [1.82, 2.24) is 4.98 Å². The minimum absolute atomic E-state index is 0.241. The molecule has 1 aliphatic rings. The van der Waals surface area contributed by atoms with E-state index in [1.54, 1.807) is 24.4 Å². The number of para-hydroxylation sites is 1. The first kappa shape index (κ1) is 18.3. The summed E-state index contributed by atoms with van der Waals surface area (Å²) in [6.45, 7) is -0.241. The minimum atomic E-state index is -0.696. The van der Waals surface area contributed by atoms with Gasteiger partial charge in [0.05, 0.1) is 12.1 Å². The van der Waals surface area contributed by atoms with Gasteiger partial charge in [0.2, 0.25) is 0 Å². The Morgan fingerprint density at radius 3 is 2.82 bits per heavy atom. The largest absolute Gasteiger partial charge is 0.481 e. The second kappa shape index (κ2) is 7.48. The van der Waals surface area contributed by atoms with E-state index in [9.17, 15) is 9.59 Å². The van der Waals surface area contributed by atoms with Crippen LogP contribution in [-0.4, -0.2) is 36.6 Å². The van der Waals surface area contributed by atoms with Gasteiger partial charge in [-0.1, -0.05) is 29.8 Å². The van der Waals surface area contributed by atoms with Gasteiger partial charge in [-0.15, -0.1) is 0 Å². The molecule has 2 aromatic carbocycles. The number of hydrogen-bond acceptors (Lipinski definition) is 5. The van der Waals surface area contributed by atoms with Crippen LogP contribution in [0.4, 0.5) is 5.69 Å². The highest BCUT2D eigenvalue weighted by molar-refractivity contribution is 6.35. The Kier molecular flexibility index (Phi) is 4.88. The van der Waals surface area contributed by atoms with Gasteiger partial charge in [-0.05, 0) is 35.9 Å². The molecule has 7 heteroatoms. The molecule has 0 N–H and O–H groups in total. The van der Waals surface area contributed by atoms with Crippen LogP contribution < -0.4 is 9.64 Å². The van der Waals surface area contributed by atoms with Crippen molar-refractivity contribution in [3.8, 4) is 5.75 Å². The van der Waals surface area contributed by atoms with E-state index < -0.39 is 12.0 Å². The molecule has 0 radical (unpaired) electrons. The Hall–Kier alpha value is -3.12. The molecular formula is C21H17ClN2O4. The quantitative estimate of drug-likeness (QED) is 0.632. The molecule has 28 heavy (non-hydrogen) atoms. The van der Waals surface area contributed by atoms with Gasteiger partial charge in [0.1, 0.15) is 17.3 Å². The first-order valence-electron chi connectivity index (χ1n) is 8.74. The molecule has 6 nitrogen and oxygen atoms in total. The molecule has 0 aliphatic carbocycles. The highest BCUT2D eigenvalue weighted by Gasteiger charge is 2.39. The van der Waals surface area contributed by atoms with E-state index in [0.29, 0.717) is 28.4 Å². The number of fused-ring (bicyclic) bond motifs is 2. The number of methoxy groups -OCH3 is 1. The van der Waals surface area contributed by atoms with Crippen molar-refractivity contribution < 1.29 is 19.1 Å². The lowest BCUT2D eigenvalue weighted by molar-refractivity contribution is -0.143. The molecule has 0 saturated carbocycles. The molecule has 1 atom stereocenters. The van der Waals surface area contributed by atoms with Crippen LogP contribution in [0.25, 0.3) is 10.9 Å². The number of pyridine rings is 1. The molecule has 4 rings (SSSR count). The van der Waals surface area contributed by atoms with Crippen molar-refractivity contribution in [1.29, 1.82) is 0 Å². The predicted octanol–water partition coefficient (Wildman–Crippen LogP) is 3.40. The number of ether oxygens (including phenoxy) is 2. The Morgan fingerprint density at radius 1 is 1.18 bits per heavy atom. The van der Waals surface area contributed by atoms with Gasteiger partial charge in [0.15, 0.2) is 6.61 Å². The molecule has 2 heterocycles. The number of carbonyl (C=O) groups is 2. The SMILES string of the molecule is COC(=O)C1Cc2ccccc2N1C(=O)COc1ccc(Cl)c2cccnc12. The maximum Gasteiger partial charge on any atom is 0.329 e. The van der Waals surface area contributed by atoms with E-state index >= 15 is 0 Å². The van der Waals surface area contributed by atoms with Crippen LogP contribution in [0, 0.1) is 0 Å². The average Bonchev–Trinajstić information content (AvgIpc) is 3.12. The summed E-state index contributed by atoms with van der Waals surface area (Å²) in [7, 11) is 1.32. The van der Waals surface area contributed by atoms with E-state index in [1.807, 2.05) is 30.3 Å². The summed E-state index contributed by atoms with van der Waals surface area (Å²) in [6.07, 6.45) is 2.05. The van der Waals surface area contributed by atoms with E-state index in [1.165, 1.54) is 12.0 Å². The molecule has 1 aliphatic heterocycles. The molecular weight excluding hydrogens is 380 g/mol. The van der Waals surface area contributed by atoms with Gasteiger partial charge < -0.3 is 9.47 Å². The fourth-order valence-electron chi connectivity index (χ4n) is 3.46. The predicted molar refractivity (Wildman–Crippen MR) is 106 cm³/mol. The molecule has 142 valence electrons. The lowest BCUT2D eigenvalue weighted by atomic mass is 10.1. The fraction of sp³-hybridized carbons (Fsp3) is 0.190. The van der Waals surface area contributed by atoms with Gasteiger partial charge in [0, 0.05) is 23.7 Å². The monoisotopic (exact) mass is 396 g/mol. The Bertz CT molecular complexity index is 1070. The van der Waals surface area contributed by atoms with E-state index in [0.717, 1.165) is 10.9 Å². The summed E-state index contributed by atoms with van der Waals surface area (Å²) in [5, 5.41) is 1.30. The number of anilines is 1. The summed E-state index contributed by atoms with van der Waals surface area (Å²) in [6, 6.07) is 13.7. The first-order valence-corrected chi connectivity index (χ1v) is 9.11. The first-order chi connectivity index (χ1) is 13.6. The third-order valence-electron chi connectivity index (χ3n) is 4.75. The summed E-state index contributed by atoms with van der Waals surface area (Å²) in [4.78, 5) is 30.9. The second-order valence-corrected chi connectivity index (χ2v) is 6.78. The van der Waals surface area contributed by atoms with Crippen molar-refractivity contribution >= 4 is 40.1 Å². The van der Waals surface area contributed by atoms with Crippen molar-refractivity contribution in [2.75, 3.05) is 18.6 Å². The molecule has 3 aromatic rings. The fourth-order valence-corrected chi connectivity index (χ4v) is 3.67. The third kappa shape index (κ3) is 3.16. The highest BCUT2D eigenvalue weighted by Crippen LogP contribution is 2.33. The van der Waals surface area contributed by atoms with Crippen molar-refractivity contribution in [3.05, 3.63) is 65.3 Å². The lowest BCUT2D eigenvalue weighted by Crippen LogP contribution is -2.45. The number of aromatic nitrogens is 1. The standard InChI is InChI=1S/C21H17ClN2O4/c1-27-21(26)17-11-13-5-2-3-7-16(13)24(17)19(25)12-28-18-9-8-15(22)14-6-4-10-23-20(14)18/h2-10,17H,11-12H2,1H3.